The number of rotatable bonds is 8. The third kappa shape index (κ3) is 5.09. The summed E-state index contributed by atoms with van der Waals surface area (Å²) >= 11 is 0. The predicted octanol–water partition coefficient (Wildman–Crippen LogP) is 0.276. The summed E-state index contributed by atoms with van der Waals surface area (Å²) in [5.74, 6) is 0.163. The van der Waals surface area contributed by atoms with E-state index < -0.39 is 12.0 Å². The molecule has 1 aliphatic rings. The van der Waals surface area contributed by atoms with Gasteiger partial charge in [0.2, 0.25) is 0 Å². The van der Waals surface area contributed by atoms with E-state index >= 15 is 0 Å². The van der Waals surface area contributed by atoms with Crippen LogP contribution >= 0.6 is 0 Å². The number of para-hydroxylation sites is 1. The Morgan fingerprint density at radius 2 is 2.04 bits per heavy atom. The van der Waals surface area contributed by atoms with Crippen molar-refractivity contribution in [3.05, 3.63) is 23.8 Å². The van der Waals surface area contributed by atoms with E-state index in [1.807, 2.05) is 12.1 Å². The molecule has 1 heterocycles. The van der Waals surface area contributed by atoms with Gasteiger partial charge >= 0.3 is 5.97 Å². The average molecular weight is 337 g/mol. The molecule has 1 atom stereocenters. The lowest BCUT2D eigenvalue weighted by atomic mass is 10.0. The molecule has 0 bridgehead atoms. The minimum Gasteiger partial charge on any atom is -0.493 e. The molecule has 0 aromatic heterocycles. The van der Waals surface area contributed by atoms with Crippen molar-refractivity contribution in [1.29, 1.82) is 0 Å². The molecule has 1 aromatic rings. The van der Waals surface area contributed by atoms with Crippen molar-refractivity contribution < 1.29 is 19.4 Å². The normalized spacial score (nSPS) is 17.5. The zero-order chi connectivity index (χ0) is 17.5. The molecule has 0 radical (unpaired) electrons. The van der Waals surface area contributed by atoms with Gasteiger partial charge in [0.25, 0.3) is 0 Å². The summed E-state index contributed by atoms with van der Waals surface area (Å²) < 4.78 is 11.3. The van der Waals surface area contributed by atoms with E-state index in [0.29, 0.717) is 18.1 Å². The standard InChI is InChI=1S/C17H27N3O4/c1-19-6-8-20(9-7-19)10-11-24-16-13(12-14(18)17(21)22)4-3-5-15(16)23-2/h3-5,14H,6-12,18H2,1-2H3,(H,21,22). The summed E-state index contributed by atoms with van der Waals surface area (Å²) in [6.07, 6.45) is 0.205. The number of nitrogens with two attached hydrogens (primary N) is 1. The van der Waals surface area contributed by atoms with Crippen LogP contribution in [0.2, 0.25) is 0 Å². The Kier molecular flexibility index (Phi) is 6.84. The number of aliphatic carboxylic acids is 1. The summed E-state index contributed by atoms with van der Waals surface area (Å²) in [6, 6.07) is 4.49. The molecular formula is C17H27N3O4. The number of carboxylic acid groups (broad SMARTS) is 1. The van der Waals surface area contributed by atoms with Gasteiger partial charge in [-0.05, 0) is 13.1 Å². The molecule has 2 rings (SSSR count). The van der Waals surface area contributed by atoms with Gasteiger partial charge in [-0.15, -0.1) is 0 Å². The summed E-state index contributed by atoms with van der Waals surface area (Å²) in [5, 5.41) is 9.02. The number of carbonyl (C=O) groups is 1. The maximum atomic E-state index is 11.0. The molecule has 1 unspecified atom stereocenters. The van der Waals surface area contributed by atoms with Crippen LogP contribution in [0.15, 0.2) is 18.2 Å². The molecule has 1 saturated heterocycles. The Morgan fingerprint density at radius 3 is 2.67 bits per heavy atom. The van der Waals surface area contributed by atoms with E-state index in [1.54, 1.807) is 13.2 Å². The van der Waals surface area contributed by atoms with Crippen molar-refractivity contribution in [2.45, 2.75) is 12.5 Å². The van der Waals surface area contributed by atoms with Crippen molar-refractivity contribution in [1.82, 2.24) is 9.80 Å². The fourth-order valence-electron chi connectivity index (χ4n) is 2.72. The first kappa shape index (κ1) is 18.5. The SMILES string of the molecule is COc1cccc(CC(N)C(=O)O)c1OCCN1CCN(C)CC1. The Bertz CT molecular complexity index is 545. The first-order valence-corrected chi connectivity index (χ1v) is 8.19. The summed E-state index contributed by atoms with van der Waals surface area (Å²) in [6.45, 7) is 5.54. The number of likely N-dealkylation sites (N-methyl/N-ethyl adjacent to an activating group) is 1. The van der Waals surface area contributed by atoms with Crippen LogP contribution in [0.5, 0.6) is 11.5 Å². The molecule has 1 aliphatic heterocycles. The summed E-state index contributed by atoms with van der Waals surface area (Å²) in [5.41, 5.74) is 6.41. The minimum absolute atomic E-state index is 0.205. The van der Waals surface area contributed by atoms with Crippen LogP contribution in [0.25, 0.3) is 0 Å². The molecular weight excluding hydrogens is 310 g/mol. The number of benzene rings is 1. The topological polar surface area (TPSA) is 88.3 Å². The van der Waals surface area contributed by atoms with Crippen LogP contribution < -0.4 is 15.2 Å². The monoisotopic (exact) mass is 337 g/mol. The molecule has 1 aromatic carbocycles. The number of nitrogens with zero attached hydrogens (tertiary/aromatic N) is 2. The maximum absolute atomic E-state index is 11.0. The molecule has 1 fully saturated rings. The van der Waals surface area contributed by atoms with Gasteiger partial charge in [0.1, 0.15) is 12.6 Å². The Labute approximate surface area is 142 Å². The van der Waals surface area contributed by atoms with Gasteiger partial charge in [0.05, 0.1) is 7.11 Å². The van der Waals surface area contributed by atoms with Crippen LogP contribution in [-0.4, -0.2) is 80.4 Å². The Hall–Kier alpha value is -1.83. The summed E-state index contributed by atoms with van der Waals surface area (Å²) in [7, 11) is 3.70. The lowest BCUT2D eigenvalue weighted by molar-refractivity contribution is -0.138. The molecule has 7 heteroatoms. The molecule has 3 N–H and O–H groups in total. The van der Waals surface area contributed by atoms with Gasteiger partial charge in [-0.3, -0.25) is 9.69 Å². The molecule has 0 saturated carbocycles. The largest absolute Gasteiger partial charge is 0.493 e. The first-order chi connectivity index (χ1) is 11.5. The van der Waals surface area contributed by atoms with Gasteiger partial charge in [-0.1, -0.05) is 12.1 Å². The van der Waals surface area contributed by atoms with Crippen molar-refractivity contribution in [3.8, 4) is 11.5 Å². The third-order valence-corrected chi connectivity index (χ3v) is 4.29. The number of piperazine rings is 1. The second kappa shape index (κ2) is 8.86. The number of carboxylic acids is 1. The van der Waals surface area contributed by atoms with Crippen molar-refractivity contribution in [2.75, 3.05) is 53.5 Å². The van der Waals surface area contributed by atoms with E-state index in [0.717, 1.165) is 38.3 Å². The van der Waals surface area contributed by atoms with Crippen LogP contribution in [0, 0.1) is 0 Å². The lowest BCUT2D eigenvalue weighted by Crippen LogP contribution is -2.45. The second-order valence-corrected chi connectivity index (χ2v) is 6.09. The van der Waals surface area contributed by atoms with Gasteiger partial charge < -0.3 is 25.2 Å². The Balaban J connectivity index is 1.98. The quantitative estimate of drug-likeness (QED) is 0.704. The molecule has 24 heavy (non-hydrogen) atoms. The van der Waals surface area contributed by atoms with E-state index in [9.17, 15) is 4.79 Å². The third-order valence-electron chi connectivity index (χ3n) is 4.29. The van der Waals surface area contributed by atoms with Crippen molar-refractivity contribution >= 4 is 5.97 Å². The van der Waals surface area contributed by atoms with Gasteiger partial charge in [0.15, 0.2) is 11.5 Å². The van der Waals surface area contributed by atoms with E-state index in [2.05, 4.69) is 16.8 Å². The lowest BCUT2D eigenvalue weighted by Gasteiger charge is -2.32. The predicted molar refractivity (Wildman–Crippen MR) is 91.7 cm³/mol. The average Bonchev–Trinajstić information content (AvgIpc) is 2.57. The fraction of sp³-hybridized carbons (Fsp3) is 0.588. The van der Waals surface area contributed by atoms with Crippen LogP contribution in [0.3, 0.4) is 0 Å². The molecule has 0 aliphatic carbocycles. The Morgan fingerprint density at radius 1 is 1.33 bits per heavy atom. The molecule has 0 spiro atoms. The zero-order valence-corrected chi connectivity index (χ0v) is 14.4. The van der Waals surface area contributed by atoms with Gasteiger partial charge in [0, 0.05) is 44.7 Å². The minimum atomic E-state index is -1.03. The second-order valence-electron chi connectivity index (χ2n) is 6.09. The molecule has 7 nitrogen and oxygen atoms in total. The van der Waals surface area contributed by atoms with Gasteiger partial charge in [-0.25, -0.2) is 0 Å². The van der Waals surface area contributed by atoms with Crippen LogP contribution in [-0.2, 0) is 11.2 Å². The van der Waals surface area contributed by atoms with Crippen LogP contribution in [0.1, 0.15) is 5.56 Å². The highest BCUT2D eigenvalue weighted by atomic mass is 16.5. The highest BCUT2D eigenvalue weighted by molar-refractivity contribution is 5.73. The zero-order valence-electron chi connectivity index (χ0n) is 14.4. The van der Waals surface area contributed by atoms with Crippen LogP contribution in [0.4, 0.5) is 0 Å². The van der Waals surface area contributed by atoms with Crippen molar-refractivity contribution in [2.24, 2.45) is 5.73 Å². The van der Waals surface area contributed by atoms with Crippen molar-refractivity contribution in [3.63, 3.8) is 0 Å². The number of hydrogen-bond acceptors (Lipinski definition) is 6. The highest BCUT2D eigenvalue weighted by Gasteiger charge is 2.19. The number of hydrogen-bond donors (Lipinski definition) is 2. The maximum Gasteiger partial charge on any atom is 0.320 e. The number of ether oxygens (including phenoxy) is 2. The molecule has 0 amide bonds. The smallest absolute Gasteiger partial charge is 0.320 e. The first-order valence-electron chi connectivity index (χ1n) is 8.19. The van der Waals surface area contributed by atoms with E-state index in [1.165, 1.54) is 0 Å². The van der Waals surface area contributed by atoms with E-state index in [4.69, 9.17) is 20.3 Å². The number of methoxy groups -OCH3 is 1. The molecule has 134 valence electrons. The highest BCUT2D eigenvalue weighted by Crippen LogP contribution is 2.31. The fourth-order valence-corrected chi connectivity index (χ4v) is 2.72. The van der Waals surface area contributed by atoms with Gasteiger partial charge in [-0.2, -0.15) is 0 Å². The summed E-state index contributed by atoms with van der Waals surface area (Å²) in [4.78, 5) is 15.7. The van der Waals surface area contributed by atoms with E-state index in [-0.39, 0.29) is 6.42 Å².